The van der Waals surface area contributed by atoms with E-state index in [0.29, 0.717) is 6.04 Å². The molecule has 0 amide bonds. The molecule has 0 fully saturated rings. The van der Waals surface area contributed by atoms with E-state index in [1.165, 1.54) is 17.7 Å². The molecule has 2 nitrogen and oxygen atoms in total. The second-order valence-electron chi connectivity index (χ2n) is 5.39. The third kappa shape index (κ3) is 4.57. The van der Waals surface area contributed by atoms with Crippen LogP contribution in [0.4, 0.5) is 4.39 Å². The van der Waals surface area contributed by atoms with Gasteiger partial charge in [-0.1, -0.05) is 24.3 Å². The Morgan fingerprint density at radius 3 is 2.19 bits per heavy atom. The van der Waals surface area contributed by atoms with Crippen molar-refractivity contribution in [1.82, 2.24) is 5.32 Å². The average Bonchev–Trinajstić information content (AvgIpc) is 2.48. The number of benzene rings is 2. The first-order valence-electron chi connectivity index (χ1n) is 7.23. The summed E-state index contributed by atoms with van der Waals surface area (Å²) in [5, 5.41) is 3.54. The van der Waals surface area contributed by atoms with E-state index in [0.717, 1.165) is 17.7 Å². The minimum atomic E-state index is -0.197. The summed E-state index contributed by atoms with van der Waals surface area (Å²) < 4.78 is 18.1. The first-order chi connectivity index (χ1) is 10.1. The predicted octanol–water partition coefficient (Wildman–Crippen LogP) is 4.12. The predicted molar refractivity (Wildman–Crippen MR) is 84.1 cm³/mol. The molecule has 0 bridgehead atoms. The summed E-state index contributed by atoms with van der Waals surface area (Å²) in [6.45, 7) is 4.25. The average molecular weight is 287 g/mol. The molecule has 0 saturated heterocycles. The van der Waals surface area contributed by atoms with Crippen LogP contribution in [0.25, 0.3) is 0 Å². The number of hydrogen-bond donors (Lipinski definition) is 1. The lowest BCUT2D eigenvalue weighted by Crippen LogP contribution is -2.30. The minimum absolute atomic E-state index is 0.193. The zero-order valence-electron chi connectivity index (χ0n) is 12.8. The largest absolute Gasteiger partial charge is 0.497 e. The molecule has 0 radical (unpaired) electrons. The molecule has 0 heterocycles. The number of halogens is 1. The summed E-state index contributed by atoms with van der Waals surface area (Å²) in [6.07, 6.45) is 0.940. The lowest BCUT2D eigenvalue weighted by Gasteiger charge is -2.20. The van der Waals surface area contributed by atoms with E-state index in [-0.39, 0.29) is 11.9 Å². The van der Waals surface area contributed by atoms with Crippen LogP contribution in [0.2, 0.25) is 0 Å². The smallest absolute Gasteiger partial charge is 0.123 e. The number of rotatable bonds is 6. The van der Waals surface area contributed by atoms with Crippen LogP contribution in [0.15, 0.2) is 48.5 Å². The molecule has 0 saturated carbocycles. The minimum Gasteiger partial charge on any atom is -0.497 e. The van der Waals surface area contributed by atoms with E-state index in [1.807, 2.05) is 24.3 Å². The maximum atomic E-state index is 12.9. The Morgan fingerprint density at radius 2 is 1.62 bits per heavy atom. The van der Waals surface area contributed by atoms with Crippen molar-refractivity contribution < 1.29 is 9.13 Å². The lowest BCUT2D eigenvalue weighted by atomic mass is 10.0. The maximum absolute atomic E-state index is 12.9. The Labute approximate surface area is 126 Å². The Kier molecular flexibility index (Phi) is 5.34. The van der Waals surface area contributed by atoms with Gasteiger partial charge in [0, 0.05) is 12.1 Å². The van der Waals surface area contributed by atoms with Gasteiger partial charge in [0.2, 0.25) is 0 Å². The molecular formula is C18H22FNO. The molecule has 2 aromatic carbocycles. The fourth-order valence-electron chi connectivity index (χ4n) is 2.45. The van der Waals surface area contributed by atoms with Crippen LogP contribution in [0, 0.1) is 5.82 Å². The van der Waals surface area contributed by atoms with E-state index in [9.17, 15) is 4.39 Å². The molecule has 1 unspecified atom stereocenters. The molecule has 0 aliphatic carbocycles. The van der Waals surface area contributed by atoms with Crippen molar-refractivity contribution in [2.45, 2.75) is 32.4 Å². The van der Waals surface area contributed by atoms with E-state index < -0.39 is 0 Å². The van der Waals surface area contributed by atoms with Gasteiger partial charge in [-0.05, 0) is 55.7 Å². The van der Waals surface area contributed by atoms with Crippen molar-refractivity contribution in [1.29, 1.82) is 0 Å². The van der Waals surface area contributed by atoms with Gasteiger partial charge in [0.25, 0.3) is 0 Å². The van der Waals surface area contributed by atoms with Gasteiger partial charge in [0.1, 0.15) is 11.6 Å². The Morgan fingerprint density at radius 1 is 1.00 bits per heavy atom. The molecule has 3 heteroatoms. The quantitative estimate of drug-likeness (QED) is 0.863. The number of hydrogen-bond acceptors (Lipinski definition) is 2. The van der Waals surface area contributed by atoms with E-state index in [2.05, 4.69) is 31.3 Å². The van der Waals surface area contributed by atoms with Gasteiger partial charge < -0.3 is 10.1 Å². The highest BCUT2D eigenvalue weighted by Gasteiger charge is 2.10. The number of nitrogens with one attached hydrogen (secondary N) is 1. The summed E-state index contributed by atoms with van der Waals surface area (Å²) >= 11 is 0. The molecule has 0 aliphatic rings. The van der Waals surface area contributed by atoms with Crippen LogP contribution in [0.3, 0.4) is 0 Å². The first kappa shape index (κ1) is 15.5. The van der Waals surface area contributed by atoms with Gasteiger partial charge in [-0.25, -0.2) is 4.39 Å². The second-order valence-corrected chi connectivity index (χ2v) is 5.39. The lowest BCUT2D eigenvalue weighted by molar-refractivity contribution is 0.414. The van der Waals surface area contributed by atoms with Gasteiger partial charge in [0.05, 0.1) is 7.11 Å². The molecule has 0 aliphatic heterocycles. The summed E-state index contributed by atoms with van der Waals surface area (Å²) in [5.41, 5.74) is 2.36. The highest BCUT2D eigenvalue weighted by molar-refractivity contribution is 5.27. The van der Waals surface area contributed by atoms with Gasteiger partial charge in [-0.3, -0.25) is 0 Å². The van der Waals surface area contributed by atoms with E-state index >= 15 is 0 Å². The summed E-state index contributed by atoms with van der Waals surface area (Å²) in [7, 11) is 1.67. The molecule has 2 aromatic rings. The highest BCUT2D eigenvalue weighted by atomic mass is 19.1. The molecule has 21 heavy (non-hydrogen) atoms. The standard InChI is InChI=1S/C18H22FNO/c1-13(12-15-4-10-18(21-3)11-5-15)20-14(2)16-6-8-17(19)9-7-16/h4-11,13-14,20H,12H2,1-3H3/t13?,14-/m1/s1. The Bertz CT molecular complexity index is 550. The van der Waals surface area contributed by atoms with Crippen LogP contribution in [-0.4, -0.2) is 13.2 Å². The van der Waals surface area contributed by atoms with Gasteiger partial charge >= 0.3 is 0 Å². The normalized spacial score (nSPS) is 13.7. The zero-order valence-corrected chi connectivity index (χ0v) is 12.8. The van der Waals surface area contributed by atoms with Crippen molar-refractivity contribution in [3.05, 3.63) is 65.5 Å². The molecule has 2 rings (SSSR count). The van der Waals surface area contributed by atoms with Crippen molar-refractivity contribution in [2.75, 3.05) is 7.11 Å². The molecule has 1 N–H and O–H groups in total. The zero-order chi connectivity index (χ0) is 15.2. The topological polar surface area (TPSA) is 21.3 Å². The first-order valence-corrected chi connectivity index (χ1v) is 7.23. The Balaban J connectivity index is 1.91. The van der Waals surface area contributed by atoms with Crippen molar-refractivity contribution >= 4 is 0 Å². The van der Waals surface area contributed by atoms with Gasteiger partial charge in [-0.2, -0.15) is 0 Å². The third-order valence-corrected chi connectivity index (χ3v) is 3.61. The maximum Gasteiger partial charge on any atom is 0.123 e. The summed E-state index contributed by atoms with van der Waals surface area (Å²) in [4.78, 5) is 0. The number of ether oxygens (including phenoxy) is 1. The van der Waals surface area contributed by atoms with Gasteiger partial charge in [0.15, 0.2) is 0 Å². The van der Waals surface area contributed by atoms with E-state index in [4.69, 9.17) is 4.74 Å². The molecule has 2 atom stereocenters. The van der Waals surface area contributed by atoms with Crippen LogP contribution >= 0.6 is 0 Å². The number of methoxy groups -OCH3 is 1. The van der Waals surface area contributed by atoms with Crippen LogP contribution < -0.4 is 10.1 Å². The van der Waals surface area contributed by atoms with E-state index in [1.54, 1.807) is 7.11 Å². The monoisotopic (exact) mass is 287 g/mol. The molecule has 112 valence electrons. The SMILES string of the molecule is COc1ccc(CC(C)N[C@H](C)c2ccc(F)cc2)cc1. The Hall–Kier alpha value is -1.87. The highest BCUT2D eigenvalue weighted by Crippen LogP contribution is 2.16. The molecule has 0 spiro atoms. The van der Waals surface area contributed by atoms with Gasteiger partial charge in [-0.15, -0.1) is 0 Å². The van der Waals surface area contributed by atoms with Crippen LogP contribution in [0.1, 0.15) is 31.0 Å². The summed E-state index contributed by atoms with van der Waals surface area (Å²) in [6, 6.07) is 15.3. The van der Waals surface area contributed by atoms with Crippen LogP contribution in [-0.2, 0) is 6.42 Å². The molecular weight excluding hydrogens is 265 g/mol. The fraction of sp³-hybridized carbons (Fsp3) is 0.333. The van der Waals surface area contributed by atoms with Crippen LogP contribution in [0.5, 0.6) is 5.75 Å². The van der Waals surface area contributed by atoms with Crippen molar-refractivity contribution in [2.24, 2.45) is 0 Å². The van der Waals surface area contributed by atoms with Crippen molar-refractivity contribution in [3.63, 3.8) is 0 Å². The third-order valence-electron chi connectivity index (χ3n) is 3.61. The fourth-order valence-corrected chi connectivity index (χ4v) is 2.45. The molecule has 0 aromatic heterocycles. The second kappa shape index (κ2) is 7.23. The van der Waals surface area contributed by atoms with Crippen molar-refractivity contribution in [3.8, 4) is 5.75 Å². The summed E-state index contributed by atoms with van der Waals surface area (Å²) in [5.74, 6) is 0.677.